The third-order valence-electron chi connectivity index (χ3n) is 2.90. The highest BCUT2D eigenvalue weighted by atomic mass is 79.9. The number of benzene rings is 2. The Kier molecular flexibility index (Phi) is 4.02. The van der Waals surface area contributed by atoms with Crippen molar-refractivity contribution in [3.63, 3.8) is 0 Å². The van der Waals surface area contributed by atoms with Gasteiger partial charge in [0.2, 0.25) is 0 Å². The monoisotopic (exact) mass is 307 g/mol. The van der Waals surface area contributed by atoms with Crippen molar-refractivity contribution in [2.45, 2.75) is 19.9 Å². The Morgan fingerprint density at radius 2 is 1.94 bits per heavy atom. The van der Waals surface area contributed by atoms with Crippen molar-refractivity contribution < 1.29 is 4.39 Å². The Hall–Kier alpha value is -1.35. The maximum absolute atomic E-state index is 13.5. The fourth-order valence-electron chi connectivity index (χ4n) is 1.79. The predicted molar refractivity (Wildman–Crippen MR) is 77.3 cm³/mol. The van der Waals surface area contributed by atoms with Crippen LogP contribution in [0.15, 0.2) is 46.9 Å². The highest BCUT2D eigenvalue weighted by molar-refractivity contribution is 9.10. The van der Waals surface area contributed by atoms with Crippen LogP contribution in [0, 0.1) is 12.7 Å². The van der Waals surface area contributed by atoms with Crippen LogP contribution < -0.4 is 5.32 Å². The fourth-order valence-corrected chi connectivity index (χ4v) is 2.19. The highest BCUT2D eigenvalue weighted by Gasteiger charge is 2.07. The van der Waals surface area contributed by atoms with E-state index in [0.717, 1.165) is 15.7 Å². The van der Waals surface area contributed by atoms with Crippen LogP contribution in [-0.2, 0) is 0 Å². The predicted octanol–water partition coefficient (Wildman–Crippen LogP) is 5.07. The van der Waals surface area contributed by atoms with Crippen molar-refractivity contribution >= 4 is 21.6 Å². The molecule has 2 aromatic rings. The molecule has 0 aliphatic carbocycles. The summed E-state index contributed by atoms with van der Waals surface area (Å²) in [6.07, 6.45) is 0. The summed E-state index contributed by atoms with van der Waals surface area (Å²) in [5, 5.41) is 3.35. The van der Waals surface area contributed by atoms with E-state index >= 15 is 0 Å². The second kappa shape index (κ2) is 5.53. The zero-order valence-corrected chi connectivity index (χ0v) is 12.0. The van der Waals surface area contributed by atoms with Crippen LogP contribution in [0.2, 0.25) is 0 Å². The van der Waals surface area contributed by atoms with E-state index in [2.05, 4.69) is 21.2 Å². The first-order valence-electron chi connectivity index (χ1n) is 5.84. The molecule has 0 saturated carbocycles. The Morgan fingerprint density at radius 1 is 1.17 bits per heavy atom. The summed E-state index contributed by atoms with van der Waals surface area (Å²) in [4.78, 5) is 0. The van der Waals surface area contributed by atoms with Gasteiger partial charge in [0.1, 0.15) is 5.82 Å². The fraction of sp³-hybridized carbons (Fsp3) is 0.200. The normalized spacial score (nSPS) is 12.2. The van der Waals surface area contributed by atoms with Gasteiger partial charge in [-0.15, -0.1) is 0 Å². The zero-order valence-electron chi connectivity index (χ0n) is 10.4. The van der Waals surface area contributed by atoms with Crippen molar-refractivity contribution in [3.8, 4) is 0 Å². The number of nitrogens with one attached hydrogen (secondary N) is 1. The van der Waals surface area contributed by atoms with Gasteiger partial charge in [-0.1, -0.05) is 34.1 Å². The van der Waals surface area contributed by atoms with Crippen LogP contribution >= 0.6 is 15.9 Å². The lowest BCUT2D eigenvalue weighted by Crippen LogP contribution is -2.07. The molecule has 0 aromatic heterocycles. The molecular formula is C15H15BrFN. The maximum atomic E-state index is 13.5. The SMILES string of the molecule is Cc1ccc(C(C)Nc2cccc(Br)c2)cc1F. The lowest BCUT2D eigenvalue weighted by molar-refractivity contribution is 0.614. The van der Waals surface area contributed by atoms with Gasteiger partial charge >= 0.3 is 0 Å². The molecular weight excluding hydrogens is 293 g/mol. The molecule has 0 bridgehead atoms. The van der Waals surface area contributed by atoms with Gasteiger partial charge in [0.15, 0.2) is 0 Å². The first kappa shape index (κ1) is 13.1. The zero-order chi connectivity index (χ0) is 13.1. The molecule has 1 atom stereocenters. The summed E-state index contributed by atoms with van der Waals surface area (Å²) in [6, 6.07) is 13.3. The molecule has 18 heavy (non-hydrogen) atoms. The van der Waals surface area contributed by atoms with E-state index in [-0.39, 0.29) is 11.9 Å². The molecule has 0 saturated heterocycles. The smallest absolute Gasteiger partial charge is 0.126 e. The molecule has 0 aliphatic heterocycles. The summed E-state index contributed by atoms with van der Waals surface area (Å²) >= 11 is 3.43. The van der Waals surface area contributed by atoms with Crippen LogP contribution in [0.3, 0.4) is 0 Å². The maximum Gasteiger partial charge on any atom is 0.126 e. The van der Waals surface area contributed by atoms with E-state index in [0.29, 0.717) is 5.56 Å². The average Bonchev–Trinajstić information content (AvgIpc) is 2.32. The van der Waals surface area contributed by atoms with Crippen LogP contribution in [0.5, 0.6) is 0 Å². The second-order valence-electron chi connectivity index (χ2n) is 4.38. The Labute approximate surface area is 115 Å². The molecule has 0 spiro atoms. The molecule has 1 unspecified atom stereocenters. The van der Waals surface area contributed by atoms with Crippen molar-refractivity contribution in [1.82, 2.24) is 0 Å². The summed E-state index contributed by atoms with van der Waals surface area (Å²) < 4.78 is 14.5. The molecule has 2 aromatic carbocycles. The molecule has 0 aliphatic rings. The molecule has 3 heteroatoms. The first-order chi connectivity index (χ1) is 8.56. The number of rotatable bonds is 3. The molecule has 0 heterocycles. The standard InChI is InChI=1S/C15H15BrFN/c1-10-6-7-12(8-15(10)17)11(2)18-14-5-3-4-13(16)9-14/h3-9,11,18H,1-2H3. The molecule has 1 nitrogen and oxygen atoms in total. The average molecular weight is 308 g/mol. The van der Waals surface area contributed by atoms with E-state index in [1.165, 1.54) is 0 Å². The lowest BCUT2D eigenvalue weighted by Gasteiger charge is -2.16. The van der Waals surface area contributed by atoms with Gasteiger partial charge in [0, 0.05) is 16.2 Å². The molecule has 0 radical (unpaired) electrons. The Bertz CT molecular complexity index is 554. The van der Waals surface area contributed by atoms with Crippen LogP contribution in [-0.4, -0.2) is 0 Å². The summed E-state index contributed by atoms with van der Waals surface area (Å²) in [7, 11) is 0. The van der Waals surface area contributed by atoms with E-state index in [1.54, 1.807) is 13.0 Å². The Balaban J connectivity index is 2.16. The van der Waals surface area contributed by atoms with Crippen molar-refractivity contribution in [2.75, 3.05) is 5.32 Å². The topological polar surface area (TPSA) is 12.0 Å². The minimum absolute atomic E-state index is 0.0643. The van der Waals surface area contributed by atoms with E-state index in [4.69, 9.17) is 0 Å². The molecule has 0 amide bonds. The largest absolute Gasteiger partial charge is 0.378 e. The van der Waals surface area contributed by atoms with Crippen LogP contribution in [0.25, 0.3) is 0 Å². The number of hydrogen-bond acceptors (Lipinski definition) is 1. The highest BCUT2D eigenvalue weighted by Crippen LogP contribution is 2.23. The number of hydrogen-bond donors (Lipinski definition) is 1. The van der Waals surface area contributed by atoms with E-state index < -0.39 is 0 Å². The van der Waals surface area contributed by atoms with Gasteiger partial charge < -0.3 is 5.32 Å². The van der Waals surface area contributed by atoms with Gasteiger partial charge in [-0.3, -0.25) is 0 Å². The number of halogens is 2. The van der Waals surface area contributed by atoms with Gasteiger partial charge in [0.05, 0.1) is 0 Å². The van der Waals surface area contributed by atoms with Gasteiger partial charge in [-0.05, 0) is 49.2 Å². The summed E-state index contributed by atoms with van der Waals surface area (Å²) in [5.41, 5.74) is 2.63. The van der Waals surface area contributed by atoms with E-state index in [1.807, 2.05) is 43.3 Å². The van der Waals surface area contributed by atoms with Gasteiger partial charge in [-0.25, -0.2) is 4.39 Å². The van der Waals surface area contributed by atoms with Gasteiger partial charge in [-0.2, -0.15) is 0 Å². The minimum atomic E-state index is -0.157. The summed E-state index contributed by atoms with van der Waals surface area (Å²) in [5.74, 6) is -0.157. The van der Waals surface area contributed by atoms with Crippen molar-refractivity contribution in [2.24, 2.45) is 0 Å². The number of anilines is 1. The molecule has 1 N–H and O–H groups in total. The van der Waals surface area contributed by atoms with Gasteiger partial charge in [0.25, 0.3) is 0 Å². The second-order valence-corrected chi connectivity index (χ2v) is 5.30. The molecule has 0 fully saturated rings. The van der Waals surface area contributed by atoms with E-state index in [9.17, 15) is 4.39 Å². The first-order valence-corrected chi connectivity index (χ1v) is 6.64. The minimum Gasteiger partial charge on any atom is -0.378 e. The quantitative estimate of drug-likeness (QED) is 0.834. The van der Waals surface area contributed by atoms with Crippen molar-refractivity contribution in [1.29, 1.82) is 0 Å². The third kappa shape index (κ3) is 3.10. The van der Waals surface area contributed by atoms with Crippen molar-refractivity contribution in [3.05, 3.63) is 63.9 Å². The van der Waals surface area contributed by atoms with Crippen LogP contribution in [0.1, 0.15) is 24.1 Å². The number of aryl methyl sites for hydroxylation is 1. The molecule has 2 rings (SSSR count). The van der Waals surface area contributed by atoms with Crippen LogP contribution in [0.4, 0.5) is 10.1 Å². The third-order valence-corrected chi connectivity index (χ3v) is 3.40. The lowest BCUT2D eigenvalue weighted by atomic mass is 10.1. The summed E-state index contributed by atoms with van der Waals surface area (Å²) in [6.45, 7) is 3.79. The molecule has 94 valence electrons. The Morgan fingerprint density at radius 3 is 2.61 bits per heavy atom.